The highest BCUT2D eigenvalue weighted by molar-refractivity contribution is 8.59. The lowest BCUT2D eigenvalue weighted by atomic mass is 9.44. The normalized spacial score (nSPS) is 46.8. The maximum absolute atomic E-state index is 13.0. The Labute approximate surface area is 209 Å². The second kappa shape index (κ2) is 9.70. The quantitative estimate of drug-likeness (QED) is 0.232. The van der Waals surface area contributed by atoms with Crippen LogP contribution in [-0.2, 0) is 0 Å². The highest BCUT2D eigenvalue weighted by Crippen LogP contribution is 2.68. The second-order valence-corrected chi connectivity index (χ2v) is 12.8. The van der Waals surface area contributed by atoms with Crippen molar-refractivity contribution in [2.45, 2.75) is 122 Å². The SMILES string of the molecule is CC12CC[C@](C)(O)CC1CCC1C2CCC2(C)[C@@H](CCCC(C)(O)C(F)(F)F)CC[C@@H]12.SS. The molecule has 0 heterocycles. The molecule has 0 radical (unpaired) electrons. The molecule has 4 fully saturated rings. The molecule has 0 saturated heterocycles. The van der Waals surface area contributed by atoms with Gasteiger partial charge in [0, 0.05) is 0 Å². The first-order chi connectivity index (χ1) is 15.2. The number of hydrogen-bond donors (Lipinski definition) is 4. The third-order valence-corrected chi connectivity index (χ3v) is 11.0. The molecule has 4 aliphatic carbocycles. The number of halogens is 3. The van der Waals surface area contributed by atoms with Crippen LogP contribution in [0.1, 0.15) is 105 Å². The molecule has 4 aliphatic rings. The summed E-state index contributed by atoms with van der Waals surface area (Å²) in [5.41, 5.74) is -2.49. The van der Waals surface area contributed by atoms with Crippen molar-refractivity contribution in [3.63, 3.8) is 0 Å². The van der Waals surface area contributed by atoms with E-state index in [1.54, 1.807) is 0 Å². The van der Waals surface area contributed by atoms with Gasteiger partial charge in [-0.2, -0.15) is 13.2 Å². The number of hydrogen-bond acceptors (Lipinski definition) is 4. The smallest absolute Gasteiger partial charge is 0.390 e. The van der Waals surface area contributed by atoms with Gasteiger partial charge >= 0.3 is 6.18 Å². The van der Waals surface area contributed by atoms with Gasteiger partial charge in [-0.25, -0.2) is 0 Å². The maximum Gasteiger partial charge on any atom is 0.416 e. The van der Waals surface area contributed by atoms with E-state index in [0.717, 1.165) is 50.9 Å². The minimum Gasteiger partial charge on any atom is -0.390 e. The fourth-order valence-corrected chi connectivity index (χ4v) is 8.85. The molecule has 194 valence electrons. The lowest BCUT2D eigenvalue weighted by Gasteiger charge is -2.62. The summed E-state index contributed by atoms with van der Waals surface area (Å²) < 4.78 is 39.1. The van der Waals surface area contributed by atoms with Gasteiger partial charge < -0.3 is 10.2 Å². The molecule has 0 aromatic rings. The molecule has 0 aromatic heterocycles. The summed E-state index contributed by atoms with van der Waals surface area (Å²) in [6.07, 6.45) is 6.75. The van der Waals surface area contributed by atoms with Gasteiger partial charge in [-0.3, -0.25) is 0 Å². The zero-order valence-electron chi connectivity index (χ0n) is 20.8. The van der Waals surface area contributed by atoms with Crippen molar-refractivity contribution in [2.24, 2.45) is 40.4 Å². The molecular formula is C26H45F3O2S2. The van der Waals surface area contributed by atoms with Crippen molar-refractivity contribution in [3.05, 3.63) is 0 Å². The van der Waals surface area contributed by atoms with Gasteiger partial charge in [-0.15, -0.1) is 23.3 Å². The summed E-state index contributed by atoms with van der Waals surface area (Å²) in [5, 5.41) is 20.5. The average molecular weight is 511 g/mol. The highest BCUT2D eigenvalue weighted by atomic mass is 33.1. The zero-order valence-corrected chi connectivity index (χ0v) is 22.6. The third kappa shape index (κ3) is 5.13. The van der Waals surface area contributed by atoms with E-state index >= 15 is 0 Å². The first-order valence-electron chi connectivity index (χ1n) is 12.9. The molecule has 4 saturated carbocycles. The standard InChI is InChI=1S/C26H43F3O2.H2S2/c1-22(30)14-15-24(3)18(16-22)7-9-19-20-10-8-17(23(20,2)13-11-21(19)24)6-5-12-25(4,31)26(27,28)29;1-2/h17-21,30-31H,5-16H2,1-4H3;1-2H/t17-,18?,19?,20-,21?,22-,23?,24?,25?;/m0./s1. The van der Waals surface area contributed by atoms with Crippen molar-refractivity contribution >= 4 is 23.3 Å². The third-order valence-electron chi connectivity index (χ3n) is 11.0. The molecule has 2 nitrogen and oxygen atoms in total. The van der Waals surface area contributed by atoms with Gasteiger partial charge in [0.1, 0.15) is 0 Å². The Morgan fingerprint density at radius 3 is 2.15 bits per heavy atom. The summed E-state index contributed by atoms with van der Waals surface area (Å²) in [6, 6.07) is 0. The van der Waals surface area contributed by atoms with Crippen LogP contribution in [0, 0.1) is 40.4 Å². The Balaban J connectivity index is 0.00000149. The molecule has 6 unspecified atom stereocenters. The molecule has 0 aliphatic heterocycles. The van der Waals surface area contributed by atoms with Crippen molar-refractivity contribution in [2.75, 3.05) is 0 Å². The van der Waals surface area contributed by atoms with Crippen LogP contribution in [0.25, 0.3) is 0 Å². The lowest BCUT2D eigenvalue weighted by Crippen LogP contribution is -2.55. The van der Waals surface area contributed by atoms with E-state index < -0.39 is 17.4 Å². The molecule has 0 bridgehead atoms. The Morgan fingerprint density at radius 1 is 0.879 bits per heavy atom. The lowest BCUT2D eigenvalue weighted by molar-refractivity contribution is -0.255. The minimum absolute atomic E-state index is 0.195. The summed E-state index contributed by atoms with van der Waals surface area (Å²) in [5.74, 6) is 3.29. The van der Waals surface area contributed by atoms with E-state index in [9.17, 15) is 23.4 Å². The Bertz CT molecular complexity index is 683. The molecule has 9 atom stereocenters. The number of rotatable bonds is 4. The van der Waals surface area contributed by atoms with Crippen molar-refractivity contribution in [3.8, 4) is 0 Å². The van der Waals surface area contributed by atoms with Crippen molar-refractivity contribution in [1.29, 1.82) is 0 Å². The van der Waals surface area contributed by atoms with E-state index in [1.807, 2.05) is 6.92 Å². The summed E-state index contributed by atoms with van der Waals surface area (Å²) >= 11 is 6.44. The molecule has 0 amide bonds. The summed E-state index contributed by atoms with van der Waals surface area (Å²) in [6.45, 7) is 7.85. The van der Waals surface area contributed by atoms with Gasteiger partial charge in [0.2, 0.25) is 0 Å². The predicted octanol–water partition coefficient (Wildman–Crippen LogP) is 7.64. The number of fused-ring (bicyclic) bond motifs is 5. The number of aliphatic hydroxyl groups is 2. The van der Waals surface area contributed by atoms with Crippen molar-refractivity contribution < 1.29 is 23.4 Å². The molecule has 33 heavy (non-hydrogen) atoms. The van der Waals surface area contributed by atoms with Crippen LogP contribution < -0.4 is 0 Å². The summed E-state index contributed by atoms with van der Waals surface area (Å²) in [7, 11) is 0. The first kappa shape index (κ1) is 28.0. The predicted molar refractivity (Wildman–Crippen MR) is 134 cm³/mol. The Kier molecular flexibility index (Phi) is 8.23. The molecule has 7 heteroatoms. The summed E-state index contributed by atoms with van der Waals surface area (Å²) in [4.78, 5) is 0. The van der Waals surface area contributed by atoms with E-state index in [1.165, 1.54) is 32.1 Å². The fourth-order valence-electron chi connectivity index (χ4n) is 8.85. The molecule has 4 rings (SSSR count). The van der Waals surface area contributed by atoms with Crippen LogP contribution in [0.4, 0.5) is 13.2 Å². The second-order valence-electron chi connectivity index (χ2n) is 12.8. The first-order valence-corrected chi connectivity index (χ1v) is 14.5. The molecular weight excluding hydrogens is 465 g/mol. The number of thiol groups is 2. The Morgan fingerprint density at radius 2 is 1.52 bits per heavy atom. The van der Waals surface area contributed by atoms with Gasteiger partial charge in [-0.05, 0) is 131 Å². The Hall–Kier alpha value is 0.410. The van der Waals surface area contributed by atoms with Crippen LogP contribution in [0.15, 0.2) is 0 Å². The minimum atomic E-state index is -4.55. The monoisotopic (exact) mass is 510 g/mol. The zero-order chi connectivity index (χ0) is 24.9. The van der Waals surface area contributed by atoms with E-state index in [-0.39, 0.29) is 11.8 Å². The van der Waals surface area contributed by atoms with E-state index in [2.05, 4.69) is 37.2 Å². The van der Waals surface area contributed by atoms with Gasteiger partial charge in [0.05, 0.1) is 5.60 Å². The maximum atomic E-state index is 13.0. The van der Waals surface area contributed by atoms with Crippen LogP contribution in [0.2, 0.25) is 0 Å². The molecule has 0 spiro atoms. The van der Waals surface area contributed by atoms with E-state index in [4.69, 9.17) is 0 Å². The van der Waals surface area contributed by atoms with Gasteiger partial charge in [-0.1, -0.05) is 13.8 Å². The molecule has 2 N–H and O–H groups in total. The number of alkyl halides is 3. The topological polar surface area (TPSA) is 40.5 Å². The fraction of sp³-hybridized carbons (Fsp3) is 1.00. The highest BCUT2D eigenvalue weighted by Gasteiger charge is 2.60. The van der Waals surface area contributed by atoms with Gasteiger partial charge in [0.15, 0.2) is 5.60 Å². The van der Waals surface area contributed by atoms with Crippen LogP contribution in [0.3, 0.4) is 0 Å². The van der Waals surface area contributed by atoms with Crippen molar-refractivity contribution in [1.82, 2.24) is 0 Å². The van der Waals surface area contributed by atoms with Crippen LogP contribution in [0.5, 0.6) is 0 Å². The van der Waals surface area contributed by atoms with Gasteiger partial charge in [0.25, 0.3) is 0 Å². The van der Waals surface area contributed by atoms with Crippen LogP contribution in [-0.4, -0.2) is 27.6 Å². The average Bonchev–Trinajstić information content (AvgIpc) is 3.05. The molecule has 0 aromatic carbocycles. The largest absolute Gasteiger partial charge is 0.416 e. The van der Waals surface area contributed by atoms with E-state index in [0.29, 0.717) is 29.6 Å². The van der Waals surface area contributed by atoms with Crippen LogP contribution >= 0.6 is 23.3 Å².